The van der Waals surface area contributed by atoms with Gasteiger partial charge in [0, 0.05) is 19.4 Å². The van der Waals surface area contributed by atoms with Gasteiger partial charge in [-0.2, -0.15) is 5.09 Å². The fourth-order valence-corrected chi connectivity index (χ4v) is 5.88. The van der Waals surface area contributed by atoms with Gasteiger partial charge in [0.15, 0.2) is 10.0 Å². The smallest absolute Gasteiger partial charge is 0.459 e. The van der Waals surface area contributed by atoms with E-state index in [9.17, 15) is 24.1 Å². The van der Waals surface area contributed by atoms with Crippen molar-refractivity contribution in [2.45, 2.75) is 48.2 Å². The number of rotatable bonds is 12. The summed E-state index contributed by atoms with van der Waals surface area (Å²) in [7, 11) is -2.83. The summed E-state index contributed by atoms with van der Waals surface area (Å²) in [5, 5.41) is 13.3. The van der Waals surface area contributed by atoms with Crippen LogP contribution in [0.15, 0.2) is 52.2 Å². The van der Waals surface area contributed by atoms with Gasteiger partial charge in [0.25, 0.3) is 5.56 Å². The molecular weight excluding hydrogens is 613 g/mol. The summed E-state index contributed by atoms with van der Waals surface area (Å²) < 4.78 is 40.1. The van der Waals surface area contributed by atoms with E-state index in [-0.39, 0.29) is 12.4 Å². The van der Waals surface area contributed by atoms with E-state index in [4.69, 9.17) is 34.9 Å². The molecule has 2 heterocycles. The molecule has 1 aromatic heterocycles. The van der Waals surface area contributed by atoms with Crippen molar-refractivity contribution in [3.63, 3.8) is 0 Å². The molecular formula is C22H28BrClN3O10P. The molecule has 2 aromatic rings. The third-order valence-electron chi connectivity index (χ3n) is 5.28. The van der Waals surface area contributed by atoms with Crippen molar-refractivity contribution in [2.75, 3.05) is 20.3 Å². The molecule has 1 aromatic carbocycles. The molecule has 0 amide bonds. The maximum atomic E-state index is 13.7. The van der Waals surface area contributed by atoms with Crippen molar-refractivity contribution in [2.24, 2.45) is 0 Å². The summed E-state index contributed by atoms with van der Waals surface area (Å²) in [6, 6.07) is 8.03. The van der Waals surface area contributed by atoms with Gasteiger partial charge in [0.1, 0.15) is 30.1 Å². The SMILES string of the molecule is COCC(C)OC(=O)[C@H](C)NP(=O)(OC[C@H]1O[C@@H](n2ccc(=O)[nH]c2=O)[C@](Cl)(Br)[C@@H]1O)Oc1ccccc1. The quantitative estimate of drug-likeness (QED) is 0.176. The number of hydrogen-bond acceptors (Lipinski definition) is 10. The maximum absolute atomic E-state index is 13.7. The van der Waals surface area contributed by atoms with E-state index in [0.717, 1.165) is 16.8 Å². The van der Waals surface area contributed by atoms with Crippen molar-refractivity contribution in [1.29, 1.82) is 0 Å². The van der Waals surface area contributed by atoms with Gasteiger partial charge in [0.2, 0.25) is 0 Å². The molecule has 16 heteroatoms. The third kappa shape index (κ3) is 7.54. The fraction of sp³-hybridized carbons (Fsp3) is 0.500. The van der Waals surface area contributed by atoms with Gasteiger partial charge < -0.3 is 23.8 Å². The largest absolute Gasteiger partial charge is 0.459 e. The summed E-state index contributed by atoms with van der Waals surface area (Å²) >= 11 is 9.62. The molecule has 0 bridgehead atoms. The molecule has 7 atom stereocenters. The van der Waals surface area contributed by atoms with Crippen molar-refractivity contribution < 1.29 is 37.7 Å². The number of hydrogen-bond donors (Lipinski definition) is 3. The number of carbonyl (C=O) groups excluding carboxylic acids is 1. The fourth-order valence-electron chi connectivity index (χ4n) is 3.46. The summed E-state index contributed by atoms with van der Waals surface area (Å²) in [6.07, 6.45) is -3.37. The Bertz CT molecular complexity index is 1260. The van der Waals surface area contributed by atoms with Crippen LogP contribution in [0, 0.1) is 0 Å². The average molecular weight is 641 g/mol. The summed E-state index contributed by atoms with van der Waals surface area (Å²) in [5.41, 5.74) is -1.45. The number of benzene rings is 1. The lowest BCUT2D eigenvalue weighted by Gasteiger charge is -2.25. The molecule has 3 rings (SSSR count). The van der Waals surface area contributed by atoms with E-state index in [1.54, 1.807) is 25.1 Å². The molecule has 0 radical (unpaired) electrons. The van der Waals surface area contributed by atoms with Gasteiger partial charge in [0.05, 0.1) is 13.2 Å². The first-order chi connectivity index (χ1) is 17.9. The number of aliphatic hydroxyl groups excluding tert-OH is 1. The minimum absolute atomic E-state index is 0.163. The number of H-pyrrole nitrogens is 1. The second-order valence-corrected chi connectivity index (χ2v) is 12.5. The second kappa shape index (κ2) is 12.9. The highest BCUT2D eigenvalue weighted by Gasteiger charge is 2.55. The number of carbonyl (C=O) groups is 1. The molecule has 2 unspecified atom stereocenters. The van der Waals surface area contributed by atoms with Crippen LogP contribution in [0.1, 0.15) is 20.1 Å². The van der Waals surface area contributed by atoms with Crippen LogP contribution >= 0.6 is 35.3 Å². The van der Waals surface area contributed by atoms with E-state index in [1.165, 1.54) is 26.2 Å². The van der Waals surface area contributed by atoms with Crippen LogP contribution in [0.3, 0.4) is 0 Å². The number of halogens is 2. The van der Waals surface area contributed by atoms with Gasteiger partial charge in [-0.05, 0) is 26.0 Å². The van der Waals surface area contributed by atoms with Gasteiger partial charge in [-0.3, -0.25) is 23.7 Å². The first-order valence-corrected chi connectivity index (χ1v) is 14.1. The van der Waals surface area contributed by atoms with E-state index in [0.29, 0.717) is 0 Å². The molecule has 0 aliphatic carbocycles. The van der Waals surface area contributed by atoms with Gasteiger partial charge in [-0.25, -0.2) is 9.36 Å². The van der Waals surface area contributed by atoms with Crippen LogP contribution in [0.5, 0.6) is 5.75 Å². The van der Waals surface area contributed by atoms with Crippen LogP contribution in [0.2, 0.25) is 0 Å². The molecule has 1 aliphatic heterocycles. The highest BCUT2D eigenvalue weighted by atomic mass is 79.9. The van der Waals surface area contributed by atoms with Gasteiger partial charge in [-0.1, -0.05) is 45.7 Å². The summed E-state index contributed by atoms with van der Waals surface area (Å²) in [4.78, 5) is 38.2. The number of aliphatic hydroxyl groups is 1. The van der Waals surface area contributed by atoms with E-state index in [1.807, 2.05) is 0 Å². The molecule has 1 aliphatic rings. The zero-order valence-electron chi connectivity index (χ0n) is 20.6. The molecule has 210 valence electrons. The Morgan fingerprint density at radius 2 is 2.00 bits per heavy atom. The lowest BCUT2D eigenvalue weighted by atomic mass is 10.2. The molecule has 38 heavy (non-hydrogen) atoms. The van der Waals surface area contributed by atoms with E-state index >= 15 is 0 Å². The lowest BCUT2D eigenvalue weighted by Crippen LogP contribution is -2.41. The maximum Gasteiger partial charge on any atom is 0.459 e. The number of nitrogens with zero attached hydrogens (tertiary/aromatic N) is 1. The van der Waals surface area contributed by atoms with Crippen LogP contribution in [-0.2, 0) is 28.1 Å². The minimum atomic E-state index is -4.29. The third-order valence-corrected chi connectivity index (χ3v) is 8.20. The predicted octanol–water partition coefficient (Wildman–Crippen LogP) is 1.88. The molecule has 1 saturated heterocycles. The number of para-hydroxylation sites is 1. The van der Waals surface area contributed by atoms with Crippen molar-refractivity contribution in [3.05, 3.63) is 63.4 Å². The molecule has 0 spiro atoms. The number of nitrogens with one attached hydrogen (secondary N) is 2. The minimum Gasteiger partial charge on any atom is -0.459 e. The van der Waals surface area contributed by atoms with E-state index < -0.39 is 65.9 Å². The zero-order valence-corrected chi connectivity index (χ0v) is 23.9. The Hall–Kier alpha value is -2.03. The van der Waals surface area contributed by atoms with Crippen LogP contribution < -0.4 is 20.9 Å². The normalized spacial score (nSPS) is 26.3. The highest BCUT2D eigenvalue weighted by molar-refractivity contribution is 9.10. The number of methoxy groups -OCH3 is 1. The molecule has 1 fully saturated rings. The number of ether oxygens (including phenoxy) is 3. The van der Waals surface area contributed by atoms with Crippen LogP contribution in [0.4, 0.5) is 0 Å². The number of esters is 1. The van der Waals surface area contributed by atoms with Gasteiger partial charge >= 0.3 is 19.4 Å². The van der Waals surface area contributed by atoms with Crippen molar-refractivity contribution in [1.82, 2.24) is 14.6 Å². The predicted molar refractivity (Wildman–Crippen MR) is 139 cm³/mol. The number of aromatic nitrogens is 2. The van der Waals surface area contributed by atoms with Crippen molar-refractivity contribution >= 4 is 41.2 Å². The molecule has 3 N–H and O–H groups in total. The Balaban J connectivity index is 1.78. The highest BCUT2D eigenvalue weighted by Crippen LogP contribution is 2.50. The Labute approximate surface area is 231 Å². The molecule has 13 nitrogen and oxygen atoms in total. The Morgan fingerprint density at radius 3 is 2.63 bits per heavy atom. The number of aromatic amines is 1. The molecule has 0 saturated carbocycles. The second-order valence-electron chi connectivity index (χ2n) is 8.41. The first-order valence-electron chi connectivity index (χ1n) is 11.4. The first kappa shape index (κ1) is 30.5. The average Bonchev–Trinajstić information content (AvgIpc) is 3.07. The monoisotopic (exact) mass is 639 g/mol. The Kier molecular flexibility index (Phi) is 10.3. The summed E-state index contributed by atoms with van der Waals surface area (Å²) in [5.74, 6) is -0.556. The van der Waals surface area contributed by atoms with Crippen molar-refractivity contribution in [3.8, 4) is 5.75 Å². The van der Waals surface area contributed by atoms with E-state index in [2.05, 4.69) is 26.0 Å². The standard InChI is InChI=1S/C22H28BrClN3O10P/c1-13(11-33-3)35-19(30)14(2)26-38(32,37-15-7-5-4-6-8-15)34-12-16-18(29)22(23,24)20(36-16)27-10-9-17(28)25-21(27)31/h4-10,13-14,16,18,20,29H,11-12H2,1-3H3,(H,26,32)(H,25,28,31)/t13?,14-,16+,18+,20+,22-,38?/m0/s1. The zero-order chi connectivity index (χ0) is 28.1. The van der Waals surface area contributed by atoms with Crippen LogP contribution in [-0.4, -0.2) is 69.1 Å². The van der Waals surface area contributed by atoms with Crippen LogP contribution in [0.25, 0.3) is 0 Å². The Morgan fingerprint density at radius 1 is 1.32 bits per heavy atom. The lowest BCUT2D eigenvalue weighted by molar-refractivity contribution is -0.152. The van der Waals surface area contributed by atoms with Gasteiger partial charge in [-0.15, -0.1) is 0 Å². The number of alkyl halides is 2. The topological polar surface area (TPSA) is 167 Å². The summed E-state index contributed by atoms with van der Waals surface area (Å²) in [6.45, 7) is 2.67.